The van der Waals surface area contributed by atoms with E-state index in [0.29, 0.717) is 13.0 Å². The first-order chi connectivity index (χ1) is 8.09. The Hall–Kier alpha value is -1.58. The molecule has 1 unspecified atom stereocenters. The SMILES string of the molecule is CC(=O)CC(c1ccco1)[C@H]1COC(=O)[C@@H]1C. The Morgan fingerprint density at radius 3 is 2.82 bits per heavy atom. The van der Waals surface area contributed by atoms with E-state index < -0.39 is 0 Å². The van der Waals surface area contributed by atoms with Gasteiger partial charge in [-0.05, 0) is 19.1 Å². The average Bonchev–Trinajstić information content (AvgIpc) is 2.88. The Morgan fingerprint density at radius 1 is 1.59 bits per heavy atom. The van der Waals surface area contributed by atoms with Crippen LogP contribution < -0.4 is 0 Å². The summed E-state index contributed by atoms with van der Waals surface area (Å²) < 4.78 is 10.4. The van der Waals surface area contributed by atoms with E-state index in [2.05, 4.69) is 0 Å². The molecular formula is C13H16O4. The number of rotatable bonds is 4. The molecule has 4 nitrogen and oxygen atoms in total. The van der Waals surface area contributed by atoms with Gasteiger partial charge >= 0.3 is 5.97 Å². The van der Waals surface area contributed by atoms with E-state index in [0.717, 1.165) is 5.76 Å². The van der Waals surface area contributed by atoms with Gasteiger partial charge in [-0.2, -0.15) is 0 Å². The van der Waals surface area contributed by atoms with Crippen LogP contribution in [0.3, 0.4) is 0 Å². The zero-order valence-electron chi connectivity index (χ0n) is 10.0. The van der Waals surface area contributed by atoms with E-state index in [4.69, 9.17) is 9.15 Å². The maximum absolute atomic E-state index is 11.4. The van der Waals surface area contributed by atoms with Gasteiger partial charge in [-0.25, -0.2) is 0 Å². The van der Waals surface area contributed by atoms with Crippen molar-refractivity contribution < 1.29 is 18.7 Å². The number of carbonyl (C=O) groups is 2. The van der Waals surface area contributed by atoms with Crippen molar-refractivity contribution in [3.8, 4) is 0 Å². The number of cyclic esters (lactones) is 1. The highest BCUT2D eigenvalue weighted by atomic mass is 16.5. The van der Waals surface area contributed by atoms with Gasteiger partial charge in [-0.15, -0.1) is 0 Å². The summed E-state index contributed by atoms with van der Waals surface area (Å²) in [6.07, 6.45) is 1.98. The van der Waals surface area contributed by atoms with Gasteiger partial charge in [-0.1, -0.05) is 6.92 Å². The first-order valence-corrected chi connectivity index (χ1v) is 5.79. The summed E-state index contributed by atoms with van der Waals surface area (Å²) in [6.45, 7) is 3.77. The molecule has 92 valence electrons. The molecule has 1 aromatic rings. The van der Waals surface area contributed by atoms with Crippen LogP contribution in [0.2, 0.25) is 0 Å². The number of ketones is 1. The number of esters is 1. The van der Waals surface area contributed by atoms with E-state index in [1.54, 1.807) is 19.3 Å². The zero-order chi connectivity index (χ0) is 12.4. The van der Waals surface area contributed by atoms with Crippen molar-refractivity contribution in [2.45, 2.75) is 26.2 Å². The maximum atomic E-state index is 11.4. The van der Waals surface area contributed by atoms with E-state index in [-0.39, 0.29) is 29.5 Å². The van der Waals surface area contributed by atoms with Crippen LogP contribution in [0.15, 0.2) is 22.8 Å². The molecule has 0 bridgehead atoms. The summed E-state index contributed by atoms with van der Waals surface area (Å²) >= 11 is 0. The van der Waals surface area contributed by atoms with Crippen molar-refractivity contribution in [3.05, 3.63) is 24.2 Å². The monoisotopic (exact) mass is 236 g/mol. The Kier molecular flexibility index (Phi) is 3.31. The molecule has 4 heteroatoms. The predicted octanol–water partition coefficient (Wildman–Crippen LogP) is 2.15. The molecule has 1 saturated heterocycles. The van der Waals surface area contributed by atoms with Crippen molar-refractivity contribution in [2.75, 3.05) is 6.61 Å². The fraction of sp³-hybridized carbons (Fsp3) is 0.538. The highest BCUT2D eigenvalue weighted by Crippen LogP contribution is 2.37. The van der Waals surface area contributed by atoms with Crippen LogP contribution >= 0.6 is 0 Å². The molecule has 0 spiro atoms. The highest BCUT2D eigenvalue weighted by molar-refractivity contribution is 5.77. The number of ether oxygens (including phenoxy) is 1. The largest absolute Gasteiger partial charge is 0.469 e. The second kappa shape index (κ2) is 4.73. The van der Waals surface area contributed by atoms with Gasteiger partial charge in [-0.3, -0.25) is 4.79 Å². The molecule has 0 radical (unpaired) electrons. The van der Waals surface area contributed by atoms with Gasteiger partial charge in [0.2, 0.25) is 0 Å². The smallest absolute Gasteiger partial charge is 0.309 e. The minimum Gasteiger partial charge on any atom is -0.469 e. The van der Waals surface area contributed by atoms with Gasteiger partial charge in [0, 0.05) is 18.3 Å². The van der Waals surface area contributed by atoms with Crippen molar-refractivity contribution >= 4 is 11.8 Å². The van der Waals surface area contributed by atoms with Crippen LogP contribution in [0.4, 0.5) is 0 Å². The molecule has 0 aromatic carbocycles. The third-order valence-corrected chi connectivity index (χ3v) is 3.36. The van der Waals surface area contributed by atoms with E-state index >= 15 is 0 Å². The Balaban J connectivity index is 2.22. The van der Waals surface area contributed by atoms with Crippen LogP contribution in [-0.2, 0) is 14.3 Å². The molecule has 1 fully saturated rings. The molecule has 0 saturated carbocycles. The summed E-state index contributed by atoms with van der Waals surface area (Å²) in [5.41, 5.74) is 0. The first kappa shape index (κ1) is 11.9. The number of hydrogen-bond acceptors (Lipinski definition) is 4. The van der Waals surface area contributed by atoms with Crippen LogP contribution in [0.25, 0.3) is 0 Å². The van der Waals surface area contributed by atoms with E-state index in [9.17, 15) is 9.59 Å². The minimum absolute atomic E-state index is 0.0255. The molecule has 2 heterocycles. The van der Waals surface area contributed by atoms with E-state index in [1.165, 1.54) is 0 Å². The summed E-state index contributed by atoms with van der Waals surface area (Å²) in [6, 6.07) is 3.65. The van der Waals surface area contributed by atoms with Crippen molar-refractivity contribution in [1.82, 2.24) is 0 Å². The van der Waals surface area contributed by atoms with Crippen LogP contribution in [-0.4, -0.2) is 18.4 Å². The quantitative estimate of drug-likeness (QED) is 0.751. The van der Waals surface area contributed by atoms with Gasteiger partial charge in [0.25, 0.3) is 0 Å². The summed E-state index contributed by atoms with van der Waals surface area (Å²) in [7, 11) is 0. The standard InChI is InChI=1S/C13H16O4/c1-8(14)6-10(12-4-3-5-16-12)11-7-17-13(15)9(11)2/h3-5,9-11H,6-7H2,1-2H3/t9-,10?,11+/m1/s1. The molecule has 1 aromatic heterocycles. The molecule has 0 amide bonds. The Labute approximate surface area is 99.9 Å². The summed E-state index contributed by atoms with van der Waals surface area (Å²) in [5, 5.41) is 0. The van der Waals surface area contributed by atoms with E-state index in [1.807, 2.05) is 13.0 Å². The summed E-state index contributed by atoms with van der Waals surface area (Å²) in [4.78, 5) is 22.7. The van der Waals surface area contributed by atoms with Crippen molar-refractivity contribution in [2.24, 2.45) is 11.8 Å². The molecule has 1 aliphatic rings. The molecule has 1 aliphatic heterocycles. The lowest BCUT2D eigenvalue weighted by Gasteiger charge is -2.21. The zero-order valence-corrected chi connectivity index (χ0v) is 10.0. The van der Waals surface area contributed by atoms with Crippen LogP contribution in [0, 0.1) is 11.8 Å². The molecule has 0 aliphatic carbocycles. The third kappa shape index (κ3) is 2.40. The fourth-order valence-corrected chi connectivity index (χ4v) is 2.37. The maximum Gasteiger partial charge on any atom is 0.309 e. The van der Waals surface area contributed by atoms with Gasteiger partial charge < -0.3 is 13.9 Å². The van der Waals surface area contributed by atoms with Crippen LogP contribution in [0.5, 0.6) is 0 Å². The number of hydrogen-bond donors (Lipinski definition) is 0. The number of furan rings is 1. The Morgan fingerprint density at radius 2 is 2.35 bits per heavy atom. The van der Waals surface area contributed by atoms with Gasteiger partial charge in [0.15, 0.2) is 0 Å². The Bertz CT molecular complexity index is 407. The lowest BCUT2D eigenvalue weighted by molar-refractivity contribution is -0.140. The average molecular weight is 236 g/mol. The molecule has 17 heavy (non-hydrogen) atoms. The molecule has 2 rings (SSSR count). The second-order valence-corrected chi connectivity index (χ2v) is 4.61. The molecular weight excluding hydrogens is 220 g/mol. The topological polar surface area (TPSA) is 56.5 Å². The third-order valence-electron chi connectivity index (χ3n) is 3.36. The fourth-order valence-electron chi connectivity index (χ4n) is 2.37. The number of carbonyl (C=O) groups excluding carboxylic acids is 2. The molecule has 0 N–H and O–H groups in total. The van der Waals surface area contributed by atoms with Crippen molar-refractivity contribution in [3.63, 3.8) is 0 Å². The first-order valence-electron chi connectivity index (χ1n) is 5.79. The minimum atomic E-state index is -0.185. The normalized spacial score (nSPS) is 25.6. The van der Waals surface area contributed by atoms with Gasteiger partial charge in [0.05, 0.1) is 18.8 Å². The van der Waals surface area contributed by atoms with Gasteiger partial charge in [0.1, 0.15) is 11.5 Å². The number of Topliss-reactive ketones (excluding diaryl/α,β-unsaturated/α-hetero) is 1. The lowest BCUT2D eigenvalue weighted by Crippen LogP contribution is -2.22. The summed E-state index contributed by atoms with van der Waals surface area (Å²) in [5.74, 6) is 0.453. The second-order valence-electron chi connectivity index (χ2n) is 4.61. The van der Waals surface area contributed by atoms with Crippen molar-refractivity contribution in [1.29, 1.82) is 0 Å². The van der Waals surface area contributed by atoms with Crippen LogP contribution in [0.1, 0.15) is 31.9 Å². The predicted molar refractivity (Wildman–Crippen MR) is 60.4 cm³/mol. The molecule has 3 atom stereocenters. The highest BCUT2D eigenvalue weighted by Gasteiger charge is 2.40. The lowest BCUT2D eigenvalue weighted by atomic mass is 9.80.